The second kappa shape index (κ2) is 4.27. The van der Waals surface area contributed by atoms with E-state index in [0.29, 0.717) is 0 Å². The van der Waals surface area contributed by atoms with Crippen molar-refractivity contribution in [1.29, 1.82) is 0 Å². The zero-order valence-corrected chi connectivity index (χ0v) is 7.54. The Bertz CT molecular complexity index is 134. The summed E-state index contributed by atoms with van der Waals surface area (Å²) in [6.45, 7) is 4.96. The molecule has 2 rings (SSSR count). The van der Waals surface area contributed by atoms with Gasteiger partial charge in [-0.25, -0.2) is 0 Å². The van der Waals surface area contributed by atoms with Gasteiger partial charge in [0.15, 0.2) is 0 Å². The van der Waals surface area contributed by atoms with Crippen LogP contribution in [0.2, 0.25) is 0 Å². The van der Waals surface area contributed by atoms with Crippen molar-refractivity contribution in [1.82, 2.24) is 10.6 Å². The number of allylic oxidation sites excluding steroid dienone is 2. The molecule has 0 aromatic carbocycles. The summed E-state index contributed by atoms with van der Waals surface area (Å²) in [6.07, 6.45) is 5.27. The molecule has 0 amide bonds. The van der Waals surface area contributed by atoms with Crippen molar-refractivity contribution in [2.45, 2.75) is 39.5 Å². The molecule has 0 unspecified atom stereocenters. The Kier molecular flexibility index (Phi) is 3.27. The van der Waals surface area contributed by atoms with Crippen LogP contribution in [0.1, 0.15) is 39.5 Å². The average Bonchev–Trinajstić information content (AvgIpc) is 2.55. The molecule has 0 saturated heterocycles. The summed E-state index contributed by atoms with van der Waals surface area (Å²) in [5, 5.41) is 6.65. The van der Waals surface area contributed by atoms with Gasteiger partial charge in [-0.05, 0) is 25.7 Å². The fourth-order valence-electron chi connectivity index (χ4n) is 1.55. The molecular formula is C9H18N2. The highest BCUT2D eigenvalue weighted by atomic mass is 15.1. The van der Waals surface area contributed by atoms with Crippen LogP contribution in [-0.2, 0) is 0 Å². The third kappa shape index (κ3) is 1.88. The van der Waals surface area contributed by atoms with Gasteiger partial charge < -0.3 is 10.6 Å². The Morgan fingerprint density at radius 3 is 1.82 bits per heavy atom. The van der Waals surface area contributed by atoms with Gasteiger partial charge in [0, 0.05) is 11.4 Å². The molecule has 0 atom stereocenters. The highest BCUT2D eigenvalue weighted by Crippen LogP contribution is 2.22. The van der Waals surface area contributed by atoms with Gasteiger partial charge in [0.25, 0.3) is 0 Å². The number of hydrogen-bond acceptors (Lipinski definition) is 2. The molecule has 2 N–H and O–H groups in total. The fraction of sp³-hybridized carbons (Fsp3) is 0.778. The minimum absolute atomic E-state index is 0.963. The van der Waals surface area contributed by atoms with E-state index in [4.69, 9.17) is 0 Å². The number of hydrogen-bond donors (Lipinski definition) is 2. The van der Waals surface area contributed by atoms with Crippen LogP contribution in [0.3, 0.4) is 0 Å². The monoisotopic (exact) mass is 154 g/mol. The van der Waals surface area contributed by atoms with E-state index in [9.17, 15) is 0 Å². The van der Waals surface area contributed by atoms with Crippen molar-refractivity contribution in [3.05, 3.63) is 11.4 Å². The lowest BCUT2D eigenvalue weighted by molar-refractivity contribution is 0.656. The largest absolute Gasteiger partial charge is 0.370 e. The van der Waals surface area contributed by atoms with E-state index in [2.05, 4.69) is 10.6 Å². The van der Waals surface area contributed by atoms with Crippen LogP contribution < -0.4 is 10.6 Å². The van der Waals surface area contributed by atoms with Gasteiger partial charge in [-0.3, -0.25) is 0 Å². The van der Waals surface area contributed by atoms with Crippen molar-refractivity contribution < 1.29 is 0 Å². The van der Waals surface area contributed by atoms with E-state index in [-0.39, 0.29) is 0 Å². The van der Waals surface area contributed by atoms with E-state index in [1.807, 2.05) is 13.8 Å². The van der Waals surface area contributed by atoms with E-state index in [1.54, 1.807) is 0 Å². The summed E-state index contributed by atoms with van der Waals surface area (Å²) in [5.41, 5.74) is 2.95. The predicted octanol–water partition coefficient (Wildman–Crippen LogP) is 1.95. The fourth-order valence-corrected chi connectivity index (χ4v) is 1.55. The van der Waals surface area contributed by atoms with Crippen molar-refractivity contribution in [3.63, 3.8) is 0 Å². The number of rotatable bonds is 0. The molecule has 1 aliphatic carbocycles. The Balaban J connectivity index is 0.000000281. The van der Waals surface area contributed by atoms with E-state index >= 15 is 0 Å². The first kappa shape index (κ1) is 8.44. The quantitative estimate of drug-likeness (QED) is 0.557. The topological polar surface area (TPSA) is 24.1 Å². The van der Waals surface area contributed by atoms with Gasteiger partial charge in [0.2, 0.25) is 0 Å². The lowest BCUT2D eigenvalue weighted by Crippen LogP contribution is -2.14. The van der Waals surface area contributed by atoms with Crippen LogP contribution in [0, 0.1) is 0 Å². The summed E-state index contributed by atoms with van der Waals surface area (Å²) in [5.74, 6) is 0. The molecule has 0 aromatic heterocycles. The zero-order valence-electron chi connectivity index (χ0n) is 7.54. The molecule has 11 heavy (non-hydrogen) atoms. The second-order valence-electron chi connectivity index (χ2n) is 2.69. The minimum Gasteiger partial charge on any atom is -0.370 e. The summed E-state index contributed by atoms with van der Waals surface area (Å²) in [7, 11) is 0. The zero-order chi connectivity index (χ0) is 8.10. The number of nitrogens with one attached hydrogen (secondary N) is 2. The van der Waals surface area contributed by atoms with Gasteiger partial charge >= 0.3 is 0 Å². The van der Waals surface area contributed by atoms with Crippen molar-refractivity contribution in [3.8, 4) is 0 Å². The van der Waals surface area contributed by atoms with Gasteiger partial charge in [-0.15, -0.1) is 0 Å². The van der Waals surface area contributed by atoms with E-state index in [1.165, 1.54) is 37.1 Å². The molecule has 2 aliphatic rings. The van der Waals surface area contributed by atoms with Gasteiger partial charge in [-0.1, -0.05) is 13.8 Å². The second-order valence-corrected chi connectivity index (χ2v) is 2.69. The molecule has 2 heteroatoms. The first-order valence-electron chi connectivity index (χ1n) is 4.66. The molecule has 1 aliphatic heterocycles. The molecule has 0 spiro atoms. The predicted molar refractivity (Wildman–Crippen MR) is 48.0 cm³/mol. The van der Waals surface area contributed by atoms with Crippen LogP contribution in [0.15, 0.2) is 11.4 Å². The van der Waals surface area contributed by atoms with Gasteiger partial charge in [0.1, 0.15) is 0 Å². The smallest absolute Gasteiger partial charge is 0.0845 e. The summed E-state index contributed by atoms with van der Waals surface area (Å²) in [4.78, 5) is 0. The van der Waals surface area contributed by atoms with Crippen LogP contribution >= 0.6 is 0 Å². The minimum atomic E-state index is 0.963. The first-order valence-corrected chi connectivity index (χ1v) is 4.66. The third-order valence-corrected chi connectivity index (χ3v) is 2.07. The lowest BCUT2D eigenvalue weighted by atomic mass is 10.0. The van der Waals surface area contributed by atoms with Crippen LogP contribution in [0.5, 0.6) is 0 Å². The Morgan fingerprint density at radius 2 is 1.36 bits per heavy atom. The molecule has 64 valence electrons. The molecule has 1 heterocycles. The Hall–Kier alpha value is -0.660. The maximum atomic E-state index is 3.33. The molecule has 0 saturated carbocycles. The average molecular weight is 154 g/mol. The third-order valence-electron chi connectivity index (χ3n) is 2.07. The maximum Gasteiger partial charge on any atom is 0.0845 e. The van der Waals surface area contributed by atoms with Crippen molar-refractivity contribution >= 4 is 0 Å². The molecule has 0 fully saturated rings. The molecular weight excluding hydrogens is 136 g/mol. The van der Waals surface area contributed by atoms with Crippen LogP contribution in [0.25, 0.3) is 0 Å². The Morgan fingerprint density at radius 1 is 0.909 bits per heavy atom. The Labute approximate surface area is 69.1 Å². The SMILES string of the molecule is C1CCC2=C(C1)NCN2.CC. The maximum absolute atomic E-state index is 3.33. The van der Waals surface area contributed by atoms with Crippen LogP contribution in [0.4, 0.5) is 0 Å². The molecule has 0 radical (unpaired) electrons. The van der Waals surface area contributed by atoms with Gasteiger partial charge in [-0.2, -0.15) is 0 Å². The lowest BCUT2D eigenvalue weighted by Gasteiger charge is -2.11. The van der Waals surface area contributed by atoms with Crippen molar-refractivity contribution in [2.24, 2.45) is 0 Å². The van der Waals surface area contributed by atoms with Crippen molar-refractivity contribution in [2.75, 3.05) is 6.67 Å². The summed E-state index contributed by atoms with van der Waals surface area (Å²) in [6, 6.07) is 0. The van der Waals surface area contributed by atoms with Crippen LogP contribution in [-0.4, -0.2) is 6.67 Å². The van der Waals surface area contributed by atoms with E-state index < -0.39 is 0 Å². The summed E-state index contributed by atoms with van der Waals surface area (Å²) < 4.78 is 0. The first-order chi connectivity index (χ1) is 5.47. The molecule has 0 aromatic rings. The summed E-state index contributed by atoms with van der Waals surface area (Å²) >= 11 is 0. The van der Waals surface area contributed by atoms with E-state index in [0.717, 1.165) is 6.67 Å². The molecule has 2 nitrogen and oxygen atoms in total. The normalized spacial score (nSPS) is 20.9. The highest BCUT2D eigenvalue weighted by Gasteiger charge is 2.15. The standard InChI is InChI=1S/C7H12N2.C2H6/c1-2-4-7-6(3-1)8-5-9-7;1-2/h8-9H,1-5H2;1-2H3. The highest BCUT2D eigenvalue weighted by molar-refractivity contribution is 5.17. The van der Waals surface area contributed by atoms with Gasteiger partial charge in [0.05, 0.1) is 6.67 Å². The molecule has 0 bridgehead atoms.